The quantitative estimate of drug-likeness (QED) is 0.568. The lowest BCUT2D eigenvalue weighted by Crippen LogP contribution is -2.21. The van der Waals surface area contributed by atoms with Crippen molar-refractivity contribution < 1.29 is 0 Å². The molecule has 0 aromatic carbocycles. The van der Waals surface area contributed by atoms with Gasteiger partial charge in [0.2, 0.25) is 0 Å². The van der Waals surface area contributed by atoms with Crippen molar-refractivity contribution in [1.29, 1.82) is 5.26 Å². The highest BCUT2D eigenvalue weighted by atomic mass is 16.1. The van der Waals surface area contributed by atoms with Crippen molar-refractivity contribution in [2.24, 2.45) is 7.05 Å². The number of aryl methyl sites for hydroxylation is 2. The molecule has 0 amide bonds. The predicted octanol–water partition coefficient (Wildman–Crippen LogP) is 0.874. The molecular formula is C9H10N2O. The van der Waals surface area contributed by atoms with Gasteiger partial charge in [0.15, 0.2) is 0 Å². The second-order valence-corrected chi connectivity index (χ2v) is 2.84. The summed E-state index contributed by atoms with van der Waals surface area (Å²) in [4.78, 5) is 11.3. The van der Waals surface area contributed by atoms with Crippen LogP contribution >= 0.6 is 0 Å². The first-order valence-electron chi connectivity index (χ1n) is 3.65. The van der Waals surface area contributed by atoms with Gasteiger partial charge in [-0.2, -0.15) is 5.26 Å². The normalized spacial score (nSPS) is 9.50. The SMILES string of the molecule is Cc1cn(C)c(=O)c(C#N)c1C. The zero-order valence-corrected chi connectivity index (χ0v) is 7.38. The third-order valence-corrected chi connectivity index (χ3v) is 2.00. The second-order valence-electron chi connectivity index (χ2n) is 2.84. The molecule has 1 aromatic rings. The van der Waals surface area contributed by atoms with Gasteiger partial charge in [0.1, 0.15) is 11.6 Å². The minimum atomic E-state index is -0.222. The Morgan fingerprint density at radius 2 is 2.08 bits per heavy atom. The van der Waals surface area contributed by atoms with Gasteiger partial charge in [0, 0.05) is 13.2 Å². The van der Waals surface area contributed by atoms with Crippen LogP contribution in [0.3, 0.4) is 0 Å². The van der Waals surface area contributed by atoms with E-state index < -0.39 is 0 Å². The Hall–Kier alpha value is -1.56. The molecule has 0 bridgehead atoms. The van der Waals surface area contributed by atoms with E-state index in [2.05, 4.69) is 0 Å². The van der Waals surface area contributed by atoms with Gasteiger partial charge in [-0.05, 0) is 25.0 Å². The van der Waals surface area contributed by atoms with Crippen molar-refractivity contribution in [3.05, 3.63) is 33.2 Å². The molecule has 12 heavy (non-hydrogen) atoms. The first kappa shape index (κ1) is 8.54. The number of aromatic nitrogens is 1. The highest BCUT2D eigenvalue weighted by Gasteiger charge is 2.06. The first-order valence-corrected chi connectivity index (χ1v) is 3.65. The Balaban J connectivity index is 3.68. The molecule has 62 valence electrons. The van der Waals surface area contributed by atoms with E-state index in [0.717, 1.165) is 11.1 Å². The zero-order chi connectivity index (χ0) is 9.30. The molecule has 1 aromatic heterocycles. The third kappa shape index (κ3) is 1.12. The Kier molecular flexibility index (Phi) is 2.01. The predicted molar refractivity (Wildman–Crippen MR) is 45.9 cm³/mol. The summed E-state index contributed by atoms with van der Waals surface area (Å²) in [5.41, 5.74) is 1.77. The molecule has 0 aliphatic rings. The second kappa shape index (κ2) is 2.82. The Morgan fingerprint density at radius 1 is 1.50 bits per heavy atom. The molecule has 0 aliphatic carbocycles. The number of hydrogen-bond acceptors (Lipinski definition) is 2. The fraction of sp³-hybridized carbons (Fsp3) is 0.333. The lowest BCUT2D eigenvalue weighted by atomic mass is 10.1. The van der Waals surface area contributed by atoms with E-state index in [0.29, 0.717) is 0 Å². The van der Waals surface area contributed by atoms with Gasteiger partial charge in [-0.15, -0.1) is 0 Å². The lowest BCUT2D eigenvalue weighted by molar-refractivity contribution is 0.841. The van der Waals surface area contributed by atoms with Gasteiger partial charge < -0.3 is 4.57 Å². The van der Waals surface area contributed by atoms with Crippen LogP contribution in [-0.4, -0.2) is 4.57 Å². The molecule has 0 radical (unpaired) electrons. The lowest BCUT2D eigenvalue weighted by Gasteiger charge is -2.04. The Labute approximate surface area is 70.9 Å². The van der Waals surface area contributed by atoms with Crippen LogP contribution in [0.25, 0.3) is 0 Å². The third-order valence-electron chi connectivity index (χ3n) is 2.00. The molecule has 3 nitrogen and oxygen atoms in total. The average molecular weight is 162 g/mol. The minimum Gasteiger partial charge on any atom is -0.317 e. The summed E-state index contributed by atoms with van der Waals surface area (Å²) in [6.07, 6.45) is 1.73. The number of nitrogens with zero attached hydrogens (tertiary/aromatic N) is 2. The summed E-state index contributed by atoms with van der Waals surface area (Å²) in [5.74, 6) is 0. The first-order chi connectivity index (χ1) is 5.57. The van der Waals surface area contributed by atoms with E-state index in [1.807, 2.05) is 13.0 Å². The largest absolute Gasteiger partial charge is 0.317 e. The fourth-order valence-electron chi connectivity index (χ4n) is 1.11. The van der Waals surface area contributed by atoms with E-state index in [-0.39, 0.29) is 11.1 Å². The van der Waals surface area contributed by atoms with Crippen LogP contribution in [0.5, 0.6) is 0 Å². The average Bonchev–Trinajstić information content (AvgIpc) is 2.02. The zero-order valence-electron chi connectivity index (χ0n) is 7.38. The van der Waals surface area contributed by atoms with Gasteiger partial charge >= 0.3 is 0 Å². The number of rotatable bonds is 0. The number of hydrogen-bond donors (Lipinski definition) is 0. The summed E-state index contributed by atoms with van der Waals surface area (Å²) < 4.78 is 1.43. The van der Waals surface area contributed by atoms with E-state index in [1.54, 1.807) is 20.2 Å². The molecule has 0 N–H and O–H groups in total. The van der Waals surface area contributed by atoms with Crippen molar-refractivity contribution in [1.82, 2.24) is 4.57 Å². The monoisotopic (exact) mass is 162 g/mol. The van der Waals surface area contributed by atoms with Crippen LogP contribution in [0, 0.1) is 25.2 Å². The maximum Gasteiger partial charge on any atom is 0.268 e. The molecular weight excluding hydrogens is 152 g/mol. The molecule has 1 heterocycles. The maximum absolute atomic E-state index is 11.3. The molecule has 3 heteroatoms. The van der Waals surface area contributed by atoms with Crippen molar-refractivity contribution in [2.75, 3.05) is 0 Å². The molecule has 0 fully saturated rings. The summed E-state index contributed by atoms with van der Waals surface area (Å²) in [7, 11) is 1.65. The molecule has 0 unspecified atom stereocenters. The summed E-state index contributed by atoms with van der Waals surface area (Å²) in [6.45, 7) is 3.67. The Morgan fingerprint density at radius 3 is 2.58 bits per heavy atom. The van der Waals surface area contributed by atoms with Gasteiger partial charge in [0.05, 0.1) is 0 Å². The standard InChI is InChI=1S/C9H10N2O/c1-6-5-11(3)9(12)8(4-10)7(6)2/h5H,1-3H3. The van der Waals surface area contributed by atoms with Crippen LogP contribution in [0.2, 0.25) is 0 Å². The van der Waals surface area contributed by atoms with Gasteiger partial charge in [-0.25, -0.2) is 0 Å². The Bertz CT molecular complexity index is 410. The molecule has 0 atom stereocenters. The molecule has 0 saturated heterocycles. The van der Waals surface area contributed by atoms with Crippen LogP contribution in [-0.2, 0) is 7.05 Å². The fourth-order valence-corrected chi connectivity index (χ4v) is 1.11. The van der Waals surface area contributed by atoms with Crippen LogP contribution in [0.1, 0.15) is 16.7 Å². The summed E-state index contributed by atoms with van der Waals surface area (Å²) in [5, 5.41) is 8.68. The minimum absolute atomic E-state index is 0.222. The molecule has 0 aliphatic heterocycles. The van der Waals surface area contributed by atoms with Gasteiger partial charge in [-0.1, -0.05) is 0 Å². The van der Waals surface area contributed by atoms with Crippen molar-refractivity contribution in [3.63, 3.8) is 0 Å². The van der Waals surface area contributed by atoms with Crippen molar-refractivity contribution in [3.8, 4) is 6.07 Å². The van der Waals surface area contributed by atoms with E-state index in [4.69, 9.17) is 5.26 Å². The van der Waals surface area contributed by atoms with Gasteiger partial charge in [0.25, 0.3) is 5.56 Å². The van der Waals surface area contributed by atoms with Crippen LogP contribution < -0.4 is 5.56 Å². The van der Waals surface area contributed by atoms with E-state index >= 15 is 0 Å². The number of nitriles is 1. The van der Waals surface area contributed by atoms with Gasteiger partial charge in [-0.3, -0.25) is 4.79 Å². The molecule has 0 spiro atoms. The molecule has 0 saturated carbocycles. The van der Waals surface area contributed by atoms with E-state index in [9.17, 15) is 4.79 Å². The van der Waals surface area contributed by atoms with E-state index in [1.165, 1.54) is 4.57 Å². The summed E-state index contributed by atoms with van der Waals surface area (Å²) >= 11 is 0. The van der Waals surface area contributed by atoms with Crippen LogP contribution in [0.15, 0.2) is 11.0 Å². The smallest absolute Gasteiger partial charge is 0.268 e. The number of pyridine rings is 1. The highest BCUT2D eigenvalue weighted by molar-refractivity contribution is 5.38. The maximum atomic E-state index is 11.3. The van der Waals surface area contributed by atoms with Crippen molar-refractivity contribution in [2.45, 2.75) is 13.8 Å². The molecule has 1 rings (SSSR count). The summed E-state index contributed by atoms with van der Waals surface area (Å²) in [6, 6.07) is 1.91. The van der Waals surface area contributed by atoms with Crippen LogP contribution in [0.4, 0.5) is 0 Å². The van der Waals surface area contributed by atoms with Crippen molar-refractivity contribution >= 4 is 0 Å². The topological polar surface area (TPSA) is 45.8 Å². The highest BCUT2D eigenvalue weighted by Crippen LogP contribution is 2.06.